The van der Waals surface area contributed by atoms with Gasteiger partial charge in [-0.1, -0.05) is 0 Å². The summed E-state index contributed by atoms with van der Waals surface area (Å²) >= 11 is 0. The molecule has 3 rings (SSSR count). The van der Waals surface area contributed by atoms with Gasteiger partial charge in [-0.3, -0.25) is 4.79 Å². The van der Waals surface area contributed by atoms with Crippen molar-refractivity contribution >= 4 is 11.7 Å². The van der Waals surface area contributed by atoms with Crippen molar-refractivity contribution in [1.82, 2.24) is 15.1 Å². The molecule has 0 aliphatic rings. The standard InChI is InChI=1S/C18H17N5O2/c1-11-3-8-16(25-11)12(2)22-18(24)13-4-6-15(7-5-13)23-17(20)14(9-19)10-21-23/h3-8,10,12H,20H2,1-2H3,(H,22,24). The van der Waals surface area contributed by atoms with Gasteiger partial charge in [0, 0.05) is 5.56 Å². The average molecular weight is 335 g/mol. The zero-order valence-corrected chi connectivity index (χ0v) is 13.9. The summed E-state index contributed by atoms with van der Waals surface area (Å²) in [4.78, 5) is 12.4. The summed E-state index contributed by atoms with van der Waals surface area (Å²) in [6, 6.07) is 12.2. The lowest BCUT2D eigenvalue weighted by atomic mass is 10.1. The number of anilines is 1. The Labute approximate surface area is 144 Å². The number of benzene rings is 1. The van der Waals surface area contributed by atoms with E-state index >= 15 is 0 Å². The van der Waals surface area contributed by atoms with Crippen molar-refractivity contribution in [2.75, 3.05) is 5.73 Å². The number of amides is 1. The third-order valence-electron chi connectivity index (χ3n) is 3.84. The van der Waals surface area contributed by atoms with Gasteiger partial charge in [0.2, 0.25) is 0 Å². The highest BCUT2D eigenvalue weighted by Gasteiger charge is 2.15. The Morgan fingerprint density at radius 3 is 2.60 bits per heavy atom. The first-order valence-corrected chi connectivity index (χ1v) is 7.71. The Hall–Kier alpha value is -3.53. The van der Waals surface area contributed by atoms with Gasteiger partial charge >= 0.3 is 0 Å². The predicted molar refractivity (Wildman–Crippen MR) is 92.0 cm³/mol. The van der Waals surface area contributed by atoms with E-state index in [9.17, 15) is 4.79 Å². The largest absolute Gasteiger partial charge is 0.464 e. The molecule has 0 spiro atoms. The summed E-state index contributed by atoms with van der Waals surface area (Å²) in [7, 11) is 0. The van der Waals surface area contributed by atoms with E-state index < -0.39 is 0 Å². The lowest BCUT2D eigenvalue weighted by Gasteiger charge is -2.12. The fraction of sp³-hybridized carbons (Fsp3) is 0.167. The predicted octanol–water partition coefficient (Wildman–Crippen LogP) is 2.72. The van der Waals surface area contributed by atoms with Crippen molar-refractivity contribution in [3.05, 3.63) is 65.2 Å². The third kappa shape index (κ3) is 3.23. The second-order valence-electron chi connectivity index (χ2n) is 5.66. The molecule has 7 heteroatoms. The second-order valence-corrected chi connectivity index (χ2v) is 5.66. The number of nitrogen functional groups attached to an aromatic ring is 1. The van der Waals surface area contributed by atoms with E-state index in [0.717, 1.165) is 5.76 Å². The number of rotatable bonds is 4. The van der Waals surface area contributed by atoms with Crippen molar-refractivity contribution in [1.29, 1.82) is 5.26 Å². The molecule has 1 unspecified atom stereocenters. The molecule has 1 aromatic carbocycles. The Bertz CT molecular complexity index is 947. The SMILES string of the molecule is Cc1ccc(C(C)NC(=O)c2ccc(-n3ncc(C#N)c3N)cc2)o1. The minimum Gasteiger partial charge on any atom is -0.464 e. The highest BCUT2D eigenvalue weighted by Crippen LogP contribution is 2.18. The summed E-state index contributed by atoms with van der Waals surface area (Å²) in [5.74, 6) is 1.56. The van der Waals surface area contributed by atoms with Crippen LogP contribution in [-0.2, 0) is 0 Å². The van der Waals surface area contributed by atoms with Crippen LogP contribution in [0.5, 0.6) is 0 Å². The number of hydrogen-bond donors (Lipinski definition) is 2. The molecule has 25 heavy (non-hydrogen) atoms. The lowest BCUT2D eigenvalue weighted by molar-refractivity contribution is 0.0935. The van der Waals surface area contributed by atoms with Crippen LogP contribution in [0, 0.1) is 18.3 Å². The number of hydrogen-bond acceptors (Lipinski definition) is 5. The van der Waals surface area contributed by atoms with Gasteiger partial charge in [-0.15, -0.1) is 0 Å². The minimum absolute atomic E-state index is 0.209. The molecular weight excluding hydrogens is 318 g/mol. The first-order valence-electron chi connectivity index (χ1n) is 7.71. The minimum atomic E-state index is -0.235. The Morgan fingerprint density at radius 1 is 1.32 bits per heavy atom. The molecule has 2 heterocycles. The van der Waals surface area contributed by atoms with Crippen molar-refractivity contribution in [3.8, 4) is 11.8 Å². The van der Waals surface area contributed by atoms with Crippen LogP contribution in [0.15, 0.2) is 47.0 Å². The third-order valence-corrected chi connectivity index (χ3v) is 3.84. The Morgan fingerprint density at radius 2 is 2.04 bits per heavy atom. The molecule has 2 aromatic heterocycles. The Balaban J connectivity index is 1.74. The number of aryl methyl sites for hydroxylation is 1. The van der Waals surface area contributed by atoms with E-state index in [2.05, 4.69) is 10.4 Å². The van der Waals surface area contributed by atoms with Gasteiger partial charge in [0.05, 0.1) is 17.9 Å². The zero-order valence-electron chi connectivity index (χ0n) is 13.9. The molecule has 3 aromatic rings. The summed E-state index contributed by atoms with van der Waals surface area (Å²) < 4.78 is 6.97. The number of nitrogens with one attached hydrogen (secondary N) is 1. The van der Waals surface area contributed by atoms with Gasteiger partial charge in [0.15, 0.2) is 0 Å². The maximum absolute atomic E-state index is 12.4. The average Bonchev–Trinajstić information content (AvgIpc) is 3.20. The van der Waals surface area contributed by atoms with Gasteiger partial charge in [-0.05, 0) is 50.2 Å². The molecule has 0 bridgehead atoms. The fourth-order valence-corrected chi connectivity index (χ4v) is 2.44. The normalized spacial score (nSPS) is 11.7. The maximum Gasteiger partial charge on any atom is 0.251 e. The van der Waals surface area contributed by atoms with Crippen LogP contribution >= 0.6 is 0 Å². The van der Waals surface area contributed by atoms with Crippen LogP contribution in [0.25, 0.3) is 5.69 Å². The van der Waals surface area contributed by atoms with Gasteiger partial charge in [-0.2, -0.15) is 10.4 Å². The van der Waals surface area contributed by atoms with Crippen LogP contribution in [0.4, 0.5) is 5.82 Å². The van der Waals surface area contributed by atoms with Gasteiger partial charge < -0.3 is 15.5 Å². The number of nitriles is 1. The van der Waals surface area contributed by atoms with Crippen LogP contribution in [-0.4, -0.2) is 15.7 Å². The smallest absolute Gasteiger partial charge is 0.251 e. The molecule has 0 saturated carbocycles. The van der Waals surface area contributed by atoms with Gasteiger partial charge in [0.1, 0.15) is 29.0 Å². The zero-order chi connectivity index (χ0) is 18.0. The van der Waals surface area contributed by atoms with Gasteiger partial charge in [0.25, 0.3) is 5.91 Å². The topological polar surface area (TPSA) is 110 Å². The highest BCUT2D eigenvalue weighted by atomic mass is 16.3. The van der Waals surface area contributed by atoms with E-state index in [-0.39, 0.29) is 17.8 Å². The van der Waals surface area contributed by atoms with Crippen LogP contribution in [0.3, 0.4) is 0 Å². The first kappa shape index (κ1) is 16.3. The van der Waals surface area contributed by atoms with Crippen molar-refractivity contribution in [2.24, 2.45) is 0 Å². The number of aromatic nitrogens is 2. The van der Waals surface area contributed by atoms with E-state index in [1.807, 2.05) is 32.0 Å². The van der Waals surface area contributed by atoms with Gasteiger partial charge in [-0.25, -0.2) is 4.68 Å². The van der Waals surface area contributed by atoms with E-state index in [1.54, 1.807) is 24.3 Å². The molecule has 0 fully saturated rings. The molecule has 1 atom stereocenters. The molecular formula is C18H17N5O2. The maximum atomic E-state index is 12.4. The summed E-state index contributed by atoms with van der Waals surface area (Å²) in [5, 5.41) is 15.9. The van der Waals surface area contributed by atoms with Crippen LogP contribution < -0.4 is 11.1 Å². The number of carbonyl (C=O) groups is 1. The summed E-state index contributed by atoms with van der Waals surface area (Å²) in [6.45, 7) is 3.72. The van der Waals surface area contributed by atoms with E-state index in [4.69, 9.17) is 15.4 Å². The fourth-order valence-electron chi connectivity index (χ4n) is 2.44. The molecule has 0 radical (unpaired) electrons. The molecule has 0 aliphatic heterocycles. The molecule has 7 nitrogen and oxygen atoms in total. The summed E-state index contributed by atoms with van der Waals surface area (Å²) in [6.07, 6.45) is 1.41. The number of furan rings is 1. The highest BCUT2D eigenvalue weighted by molar-refractivity contribution is 5.94. The second kappa shape index (κ2) is 6.53. The molecule has 3 N–H and O–H groups in total. The van der Waals surface area contributed by atoms with Crippen molar-refractivity contribution < 1.29 is 9.21 Å². The number of nitrogens with two attached hydrogens (primary N) is 1. The monoisotopic (exact) mass is 335 g/mol. The van der Waals surface area contributed by atoms with Crippen LogP contribution in [0.2, 0.25) is 0 Å². The van der Waals surface area contributed by atoms with E-state index in [0.29, 0.717) is 22.6 Å². The van der Waals surface area contributed by atoms with Crippen LogP contribution in [0.1, 0.15) is 40.4 Å². The van der Waals surface area contributed by atoms with E-state index in [1.165, 1.54) is 10.9 Å². The number of nitrogens with zero attached hydrogens (tertiary/aromatic N) is 3. The molecule has 0 aliphatic carbocycles. The Kier molecular flexibility index (Phi) is 4.27. The molecule has 0 saturated heterocycles. The van der Waals surface area contributed by atoms with Crippen molar-refractivity contribution in [3.63, 3.8) is 0 Å². The number of carbonyl (C=O) groups excluding carboxylic acids is 1. The molecule has 1 amide bonds. The first-order chi connectivity index (χ1) is 12.0. The van der Waals surface area contributed by atoms with Crippen molar-refractivity contribution in [2.45, 2.75) is 19.9 Å². The quantitative estimate of drug-likeness (QED) is 0.761. The lowest BCUT2D eigenvalue weighted by Crippen LogP contribution is -2.26. The summed E-state index contributed by atoms with van der Waals surface area (Å²) in [5.41, 5.74) is 7.35. The molecule has 126 valence electrons.